The molecule has 2 aromatic rings. The summed E-state index contributed by atoms with van der Waals surface area (Å²) >= 11 is 7.40. The molecule has 1 N–H and O–H groups in total. The van der Waals surface area contributed by atoms with Crippen molar-refractivity contribution in [2.24, 2.45) is 0 Å². The number of thiophene rings is 1. The Morgan fingerprint density at radius 1 is 1.19 bits per heavy atom. The summed E-state index contributed by atoms with van der Waals surface area (Å²) in [7, 11) is 0. The van der Waals surface area contributed by atoms with Gasteiger partial charge in [-0.2, -0.15) is 0 Å². The number of nitrogens with one attached hydrogen (secondary N) is 1. The van der Waals surface area contributed by atoms with E-state index < -0.39 is 11.6 Å². The summed E-state index contributed by atoms with van der Waals surface area (Å²) in [4.78, 5) is 41.6. The Labute approximate surface area is 165 Å². The summed E-state index contributed by atoms with van der Waals surface area (Å²) < 4.78 is 0. The van der Waals surface area contributed by atoms with Gasteiger partial charge in [-0.1, -0.05) is 29.8 Å². The van der Waals surface area contributed by atoms with Gasteiger partial charge in [-0.25, -0.2) is 4.79 Å². The van der Waals surface area contributed by atoms with Crippen molar-refractivity contribution in [2.75, 3.05) is 13.1 Å². The summed E-state index contributed by atoms with van der Waals surface area (Å²) in [5.41, 5.74) is -0.115. The first kappa shape index (κ1) is 18.0. The molecule has 4 amide bonds. The number of hydrogen-bond acceptors (Lipinski definition) is 4. The molecule has 2 fully saturated rings. The predicted molar refractivity (Wildman–Crippen MR) is 103 cm³/mol. The van der Waals surface area contributed by atoms with Crippen LogP contribution in [0, 0.1) is 0 Å². The van der Waals surface area contributed by atoms with Gasteiger partial charge >= 0.3 is 6.03 Å². The quantitative estimate of drug-likeness (QED) is 0.800. The molecule has 2 saturated heterocycles. The van der Waals surface area contributed by atoms with Crippen LogP contribution >= 0.6 is 22.9 Å². The monoisotopic (exact) mass is 403 g/mol. The lowest BCUT2D eigenvalue weighted by Crippen LogP contribution is -2.55. The van der Waals surface area contributed by atoms with Crippen molar-refractivity contribution in [1.82, 2.24) is 15.1 Å². The first-order chi connectivity index (χ1) is 13.0. The molecular weight excluding hydrogens is 386 g/mol. The zero-order chi connectivity index (χ0) is 19.0. The van der Waals surface area contributed by atoms with E-state index in [9.17, 15) is 14.4 Å². The topological polar surface area (TPSA) is 69.7 Å². The van der Waals surface area contributed by atoms with Crippen LogP contribution in [0.1, 0.15) is 28.1 Å². The number of urea groups is 1. The molecule has 0 unspecified atom stereocenters. The van der Waals surface area contributed by atoms with Crippen LogP contribution in [0.15, 0.2) is 41.8 Å². The fourth-order valence-corrected chi connectivity index (χ4v) is 4.53. The van der Waals surface area contributed by atoms with Gasteiger partial charge in [-0.3, -0.25) is 14.5 Å². The number of rotatable bonds is 3. The van der Waals surface area contributed by atoms with Gasteiger partial charge in [-0.15, -0.1) is 11.3 Å². The number of halogens is 1. The van der Waals surface area contributed by atoms with E-state index in [1.54, 1.807) is 29.2 Å². The van der Waals surface area contributed by atoms with E-state index >= 15 is 0 Å². The van der Waals surface area contributed by atoms with Crippen molar-refractivity contribution in [3.63, 3.8) is 0 Å². The molecule has 1 spiro atoms. The maximum Gasteiger partial charge on any atom is 0.325 e. The third kappa shape index (κ3) is 3.33. The average molecular weight is 404 g/mol. The molecule has 1 aromatic heterocycles. The van der Waals surface area contributed by atoms with Crippen molar-refractivity contribution in [3.05, 3.63) is 57.2 Å². The minimum absolute atomic E-state index is 0.0209. The highest BCUT2D eigenvalue weighted by Crippen LogP contribution is 2.31. The van der Waals surface area contributed by atoms with Gasteiger partial charge in [0.15, 0.2) is 0 Å². The second-order valence-corrected chi connectivity index (χ2v) is 8.19. The fourth-order valence-electron chi connectivity index (χ4n) is 3.62. The van der Waals surface area contributed by atoms with Gasteiger partial charge in [0.1, 0.15) is 5.54 Å². The van der Waals surface area contributed by atoms with Crippen LogP contribution in [0.4, 0.5) is 4.79 Å². The highest BCUT2D eigenvalue weighted by atomic mass is 35.5. The van der Waals surface area contributed by atoms with Crippen LogP contribution in [-0.2, 0) is 11.3 Å². The fraction of sp³-hybridized carbons (Fsp3) is 0.316. The van der Waals surface area contributed by atoms with Gasteiger partial charge in [0.05, 0.1) is 11.4 Å². The normalized spacial score (nSPS) is 18.9. The number of hydrogen-bond donors (Lipinski definition) is 1. The van der Waals surface area contributed by atoms with E-state index in [0.29, 0.717) is 35.8 Å². The van der Waals surface area contributed by atoms with Crippen molar-refractivity contribution in [1.29, 1.82) is 0 Å². The van der Waals surface area contributed by atoms with E-state index in [0.717, 1.165) is 5.56 Å². The summed E-state index contributed by atoms with van der Waals surface area (Å²) in [5, 5.41) is 5.30. The van der Waals surface area contributed by atoms with Crippen molar-refractivity contribution in [2.45, 2.75) is 24.9 Å². The number of piperidine rings is 1. The third-order valence-corrected chi connectivity index (χ3v) is 6.20. The summed E-state index contributed by atoms with van der Waals surface area (Å²) in [5.74, 6) is -0.247. The largest absolute Gasteiger partial charge is 0.338 e. The van der Waals surface area contributed by atoms with Gasteiger partial charge in [-0.05, 0) is 42.0 Å². The lowest BCUT2D eigenvalue weighted by Gasteiger charge is -2.37. The molecule has 0 aliphatic carbocycles. The van der Waals surface area contributed by atoms with Crippen LogP contribution in [0.25, 0.3) is 0 Å². The minimum Gasteiger partial charge on any atom is -0.338 e. The van der Waals surface area contributed by atoms with Crippen molar-refractivity contribution < 1.29 is 14.4 Å². The van der Waals surface area contributed by atoms with E-state index in [2.05, 4.69) is 5.32 Å². The molecule has 0 radical (unpaired) electrons. The molecule has 3 heterocycles. The summed E-state index contributed by atoms with van der Waals surface area (Å²) in [6.07, 6.45) is 0.835. The second kappa shape index (κ2) is 6.98. The van der Waals surface area contributed by atoms with Gasteiger partial charge in [0.25, 0.3) is 11.8 Å². The molecule has 1 aromatic carbocycles. The van der Waals surface area contributed by atoms with Gasteiger partial charge in [0.2, 0.25) is 0 Å². The Balaban J connectivity index is 1.45. The van der Waals surface area contributed by atoms with Crippen molar-refractivity contribution in [3.8, 4) is 0 Å². The van der Waals surface area contributed by atoms with Crippen molar-refractivity contribution >= 4 is 40.8 Å². The van der Waals surface area contributed by atoms with E-state index in [-0.39, 0.29) is 18.4 Å². The molecular formula is C19H18ClN3O3S. The standard InChI is InChI=1S/C19H18ClN3O3S/c20-14-4-1-3-13(11-14)12-23-17(25)19(21-18(23)26)6-8-22(9-7-19)16(24)15-5-2-10-27-15/h1-5,10-11H,6-9,12H2,(H,21,26). The van der Waals surface area contributed by atoms with Crippen LogP contribution in [0.3, 0.4) is 0 Å². The molecule has 0 bridgehead atoms. The SMILES string of the molecule is O=C(c1cccs1)N1CCC2(CC1)NC(=O)N(Cc1cccc(Cl)c1)C2=O. The minimum atomic E-state index is -0.915. The van der Waals surface area contributed by atoms with Gasteiger partial charge in [0, 0.05) is 18.1 Å². The van der Waals surface area contributed by atoms with Crippen LogP contribution in [0.2, 0.25) is 5.02 Å². The number of amides is 4. The number of nitrogens with zero attached hydrogens (tertiary/aromatic N) is 2. The lowest BCUT2D eigenvalue weighted by molar-refractivity contribution is -0.133. The first-order valence-electron chi connectivity index (χ1n) is 8.70. The Hall–Kier alpha value is -2.38. The average Bonchev–Trinajstić information content (AvgIpc) is 3.26. The molecule has 0 saturated carbocycles. The van der Waals surface area contributed by atoms with Crippen LogP contribution in [0.5, 0.6) is 0 Å². The highest BCUT2D eigenvalue weighted by Gasteiger charge is 2.52. The molecule has 140 valence electrons. The lowest BCUT2D eigenvalue weighted by atomic mass is 9.87. The molecule has 27 heavy (non-hydrogen) atoms. The third-order valence-electron chi connectivity index (χ3n) is 5.11. The number of likely N-dealkylation sites (tertiary alicyclic amines) is 1. The molecule has 8 heteroatoms. The van der Waals surface area contributed by atoms with E-state index in [1.165, 1.54) is 16.2 Å². The maximum absolute atomic E-state index is 13.0. The van der Waals surface area contributed by atoms with E-state index in [4.69, 9.17) is 11.6 Å². The Morgan fingerprint density at radius 3 is 2.63 bits per heavy atom. The number of carbonyl (C=O) groups excluding carboxylic acids is 3. The predicted octanol–water partition coefficient (Wildman–Crippen LogP) is 3.13. The summed E-state index contributed by atoms with van der Waals surface area (Å²) in [6.45, 7) is 1.06. The second-order valence-electron chi connectivity index (χ2n) is 6.80. The zero-order valence-electron chi connectivity index (χ0n) is 14.5. The maximum atomic E-state index is 13.0. The highest BCUT2D eigenvalue weighted by molar-refractivity contribution is 7.12. The van der Waals surface area contributed by atoms with Crippen LogP contribution < -0.4 is 5.32 Å². The Bertz CT molecular complexity index is 891. The van der Waals surface area contributed by atoms with Crippen LogP contribution in [-0.4, -0.2) is 46.3 Å². The number of carbonyl (C=O) groups is 3. The Morgan fingerprint density at radius 2 is 1.96 bits per heavy atom. The van der Waals surface area contributed by atoms with E-state index in [1.807, 2.05) is 17.5 Å². The zero-order valence-corrected chi connectivity index (χ0v) is 16.1. The van der Waals surface area contributed by atoms with Gasteiger partial charge < -0.3 is 10.2 Å². The molecule has 6 nitrogen and oxygen atoms in total. The molecule has 2 aliphatic heterocycles. The smallest absolute Gasteiger partial charge is 0.325 e. The number of imide groups is 1. The first-order valence-corrected chi connectivity index (χ1v) is 9.96. The summed E-state index contributed by atoms with van der Waals surface area (Å²) in [6, 6.07) is 10.4. The molecule has 4 rings (SSSR count). The number of benzene rings is 1. The molecule has 0 atom stereocenters. The Kier molecular flexibility index (Phi) is 4.65. The molecule has 2 aliphatic rings.